The van der Waals surface area contributed by atoms with Crippen LogP contribution in [0, 0.1) is 0 Å². The van der Waals surface area contributed by atoms with Gasteiger partial charge in [-0.1, -0.05) is 6.07 Å². The number of rotatable bonds is 3. The molecule has 0 unspecified atom stereocenters. The molecule has 0 saturated carbocycles. The number of ether oxygens (including phenoxy) is 1. The smallest absolute Gasteiger partial charge is 0.159 e. The van der Waals surface area contributed by atoms with E-state index < -0.39 is 0 Å². The third kappa shape index (κ3) is 2.44. The summed E-state index contributed by atoms with van der Waals surface area (Å²) >= 11 is 0. The fourth-order valence-electron chi connectivity index (χ4n) is 2.45. The summed E-state index contributed by atoms with van der Waals surface area (Å²) in [5.74, 6) is 2.17. The molecule has 0 aliphatic carbocycles. The number of hydrogen-bond acceptors (Lipinski definition) is 5. The van der Waals surface area contributed by atoms with Crippen molar-refractivity contribution in [2.75, 3.05) is 20.2 Å². The lowest BCUT2D eigenvalue weighted by Crippen LogP contribution is -2.28. The Hall–Kier alpha value is -1.95. The molecule has 0 radical (unpaired) electrons. The Kier molecular flexibility index (Phi) is 3.41. The van der Waals surface area contributed by atoms with Gasteiger partial charge in [0.2, 0.25) is 0 Å². The van der Waals surface area contributed by atoms with Gasteiger partial charge in [-0.2, -0.15) is 4.68 Å². The average Bonchev–Trinajstić information content (AvgIpc) is 2.98. The second kappa shape index (κ2) is 5.36. The van der Waals surface area contributed by atoms with Gasteiger partial charge in [0, 0.05) is 12.0 Å². The lowest BCUT2D eigenvalue weighted by atomic mass is 9.97. The van der Waals surface area contributed by atoms with E-state index in [-0.39, 0.29) is 0 Å². The molecule has 0 atom stereocenters. The van der Waals surface area contributed by atoms with Gasteiger partial charge in [0.25, 0.3) is 0 Å². The van der Waals surface area contributed by atoms with Crippen molar-refractivity contribution in [2.24, 2.45) is 0 Å². The highest BCUT2D eigenvalue weighted by molar-refractivity contribution is 5.39. The predicted octanol–water partition coefficient (Wildman–Crippen LogP) is 1.14. The first kappa shape index (κ1) is 12.1. The minimum atomic E-state index is 0.419. The standard InChI is InChI=1S/C13H17N5O/c1-19-12-4-2-3-11(9-12)18-13(15-16-17-18)10-5-7-14-8-6-10/h2-4,9-10,14H,5-8H2,1H3. The van der Waals surface area contributed by atoms with E-state index in [0.717, 1.165) is 43.2 Å². The van der Waals surface area contributed by atoms with E-state index in [0.29, 0.717) is 5.92 Å². The molecule has 0 bridgehead atoms. The number of benzene rings is 1. The van der Waals surface area contributed by atoms with Crippen molar-refractivity contribution in [1.29, 1.82) is 0 Å². The van der Waals surface area contributed by atoms with Crippen LogP contribution in [0.25, 0.3) is 5.69 Å². The third-order valence-corrected chi connectivity index (χ3v) is 3.50. The highest BCUT2D eigenvalue weighted by atomic mass is 16.5. The summed E-state index contributed by atoms with van der Waals surface area (Å²) in [6.07, 6.45) is 2.15. The molecule has 1 aliphatic rings. The Morgan fingerprint density at radius 1 is 1.32 bits per heavy atom. The zero-order chi connectivity index (χ0) is 13.1. The summed E-state index contributed by atoms with van der Waals surface area (Å²) in [5, 5.41) is 15.5. The van der Waals surface area contributed by atoms with Crippen LogP contribution in [0.5, 0.6) is 5.75 Å². The Labute approximate surface area is 111 Å². The van der Waals surface area contributed by atoms with Crippen molar-refractivity contribution < 1.29 is 4.74 Å². The molecule has 1 aromatic heterocycles. The van der Waals surface area contributed by atoms with Crippen LogP contribution >= 0.6 is 0 Å². The van der Waals surface area contributed by atoms with E-state index in [4.69, 9.17) is 4.74 Å². The number of tetrazole rings is 1. The quantitative estimate of drug-likeness (QED) is 0.895. The van der Waals surface area contributed by atoms with E-state index in [2.05, 4.69) is 20.8 Å². The maximum atomic E-state index is 5.25. The molecule has 1 N–H and O–H groups in total. The fraction of sp³-hybridized carbons (Fsp3) is 0.462. The summed E-state index contributed by atoms with van der Waals surface area (Å²) < 4.78 is 7.06. The zero-order valence-electron chi connectivity index (χ0n) is 10.9. The average molecular weight is 259 g/mol. The van der Waals surface area contributed by atoms with Crippen LogP contribution in [0.2, 0.25) is 0 Å². The number of aromatic nitrogens is 4. The van der Waals surface area contributed by atoms with E-state index in [1.807, 2.05) is 28.9 Å². The summed E-state index contributed by atoms with van der Waals surface area (Å²) in [6.45, 7) is 2.05. The van der Waals surface area contributed by atoms with Gasteiger partial charge in [0.15, 0.2) is 5.82 Å². The van der Waals surface area contributed by atoms with Crippen molar-refractivity contribution in [3.05, 3.63) is 30.1 Å². The van der Waals surface area contributed by atoms with Gasteiger partial charge < -0.3 is 10.1 Å². The molecule has 1 aromatic carbocycles. The number of hydrogen-bond donors (Lipinski definition) is 1. The Balaban J connectivity index is 1.94. The molecule has 100 valence electrons. The second-order valence-corrected chi connectivity index (χ2v) is 4.67. The molecule has 0 amide bonds. The second-order valence-electron chi connectivity index (χ2n) is 4.67. The Bertz CT molecular complexity index is 547. The number of methoxy groups -OCH3 is 1. The first-order valence-electron chi connectivity index (χ1n) is 6.52. The van der Waals surface area contributed by atoms with Crippen LogP contribution in [0.15, 0.2) is 24.3 Å². The summed E-state index contributed by atoms with van der Waals surface area (Å²) in [6, 6.07) is 7.80. The molecule has 2 heterocycles. The molecule has 2 aromatic rings. The monoisotopic (exact) mass is 259 g/mol. The third-order valence-electron chi connectivity index (χ3n) is 3.50. The van der Waals surface area contributed by atoms with E-state index in [1.54, 1.807) is 7.11 Å². The van der Waals surface area contributed by atoms with E-state index in [1.165, 1.54) is 0 Å². The highest BCUT2D eigenvalue weighted by Crippen LogP contribution is 2.25. The van der Waals surface area contributed by atoms with Crippen LogP contribution in [0.4, 0.5) is 0 Å². The fourth-order valence-corrected chi connectivity index (χ4v) is 2.45. The Morgan fingerprint density at radius 2 is 2.16 bits per heavy atom. The maximum absolute atomic E-state index is 5.25. The Morgan fingerprint density at radius 3 is 2.95 bits per heavy atom. The maximum Gasteiger partial charge on any atom is 0.159 e. The number of nitrogens with zero attached hydrogens (tertiary/aromatic N) is 4. The first-order valence-corrected chi connectivity index (χ1v) is 6.52. The molecular weight excluding hydrogens is 242 g/mol. The van der Waals surface area contributed by atoms with Gasteiger partial charge in [-0.25, -0.2) is 0 Å². The van der Waals surface area contributed by atoms with E-state index >= 15 is 0 Å². The number of piperidine rings is 1. The van der Waals surface area contributed by atoms with Crippen LogP contribution in [-0.4, -0.2) is 40.4 Å². The van der Waals surface area contributed by atoms with Crippen molar-refractivity contribution in [2.45, 2.75) is 18.8 Å². The van der Waals surface area contributed by atoms with E-state index in [9.17, 15) is 0 Å². The van der Waals surface area contributed by atoms with Gasteiger partial charge in [-0.15, -0.1) is 5.10 Å². The molecule has 0 spiro atoms. The minimum Gasteiger partial charge on any atom is -0.497 e. The molecular formula is C13H17N5O. The van der Waals surface area contributed by atoms with Crippen LogP contribution in [0.3, 0.4) is 0 Å². The lowest BCUT2D eigenvalue weighted by Gasteiger charge is -2.21. The highest BCUT2D eigenvalue weighted by Gasteiger charge is 2.22. The number of nitrogens with one attached hydrogen (secondary N) is 1. The van der Waals surface area contributed by atoms with Gasteiger partial charge in [-0.3, -0.25) is 0 Å². The molecule has 1 saturated heterocycles. The molecule has 19 heavy (non-hydrogen) atoms. The first-order chi connectivity index (χ1) is 9.38. The van der Waals surface area contributed by atoms with Gasteiger partial charge in [0.1, 0.15) is 5.75 Å². The van der Waals surface area contributed by atoms with Crippen molar-refractivity contribution in [3.63, 3.8) is 0 Å². The molecule has 1 fully saturated rings. The zero-order valence-corrected chi connectivity index (χ0v) is 10.9. The van der Waals surface area contributed by atoms with Gasteiger partial charge in [-0.05, 0) is 48.5 Å². The van der Waals surface area contributed by atoms with Gasteiger partial charge >= 0.3 is 0 Å². The molecule has 6 nitrogen and oxygen atoms in total. The van der Waals surface area contributed by atoms with Crippen LogP contribution in [0.1, 0.15) is 24.6 Å². The molecule has 6 heteroatoms. The molecule has 3 rings (SSSR count). The van der Waals surface area contributed by atoms with Crippen molar-refractivity contribution >= 4 is 0 Å². The lowest BCUT2D eigenvalue weighted by molar-refractivity contribution is 0.414. The van der Waals surface area contributed by atoms with Crippen molar-refractivity contribution in [3.8, 4) is 11.4 Å². The summed E-state index contributed by atoms with van der Waals surface area (Å²) in [4.78, 5) is 0. The summed E-state index contributed by atoms with van der Waals surface area (Å²) in [7, 11) is 1.66. The van der Waals surface area contributed by atoms with Gasteiger partial charge in [0.05, 0.1) is 12.8 Å². The molecule has 1 aliphatic heterocycles. The van der Waals surface area contributed by atoms with Crippen molar-refractivity contribution in [1.82, 2.24) is 25.5 Å². The largest absolute Gasteiger partial charge is 0.497 e. The summed E-state index contributed by atoms with van der Waals surface area (Å²) in [5.41, 5.74) is 0.942. The minimum absolute atomic E-state index is 0.419. The predicted molar refractivity (Wildman–Crippen MR) is 70.6 cm³/mol. The normalized spacial score (nSPS) is 16.5. The van der Waals surface area contributed by atoms with Crippen LogP contribution < -0.4 is 10.1 Å². The SMILES string of the molecule is COc1cccc(-n2nnnc2C2CCNCC2)c1. The van der Waals surface area contributed by atoms with Crippen LogP contribution in [-0.2, 0) is 0 Å². The topological polar surface area (TPSA) is 64.9 Å².